The van der Waals surface area contributed by atoms with Crippen molar-refractivity contribution in [2.75, 3.05) is 0 Å². The smallest absolute Gasteiger partial charge is 0.126 e. The van der Waals surface area contributed by atoms with Crippen LogP contribution in [-0.2, 0) is 6.42 Å². The normalized spacial score (nSPS) is 26.0. The van der Waals surface area contributed by atoms with Crippen molar-refractivity contribution in [3.05, 3.63) is 34.6 Å². The van der Waals surface area contributed by atoms with Gasteiger partial charge in [0.25, 0.3) is 0 Å². The lowest BCUT2D eigenvalue weighted by molar-refractivity contribution is 0.0713. The van der Waals surface area contributed by atoms with Gasteiger partial charge < -0.3 is 5.11 Å². The molecule has 0 saturated heterocycles. The number of aliphatic hydroxyl groups is 1. The van der Waals surface area contributed by atoms with Crippen LogP contribution in [0.1, 0.15) is 38.2 Å². The zero-order valence-corrected chi connectivity index (χ0v) is 11.5. The van der Waals surface area contributed by atoms with Crippen LogP contribution in [0.3, 0.4) is 0 Å². The van der Waals surface area contributed by atoms with Crippen LogP contribution in [0.15, 0.2) is 18.2 Å². The van der Waals surface area contributed by atoms with Gasteiger partial charge in [0.05, 0.1) is 6.10 Å². The van der Waals surface area contributed by atoms with Gasteiger partial charge in [-0.25, -0.2) is 4.39 Å². The molecule has 1 aromatic rings. The zero-order chi connectivity index (χ0) is 13.1. The van der Waals surface area contributed by atoms with Crippen molar-refractivity contribution < 1.29 is 9.50 Å². The molecule has 1 saturated carbocycles. The van der Waals surface area contributed by atoms with E-state index in [-0.39, 0.29) is 5.82 Å². The largest absolute Gasteiger partial charge is 0.392 e. The van der Waals surface area contributed by atoms with Crippen molar-refractivity contribution in [2.24, 2.45) is 11.8 Å². The Bertz CT molecular complexity index is 407. The van der Waals surface area contributed by atoms with Gasteiger partial charge in [0, 0.05) is 11.4 Å². The van der Waals surface area contributed by atoms with Gasteiger partial charge in [0.1, 0.15) is 5.82 Å². The molecule has 1 aliphatic rings. The average molecular weight is 271 g/mol. The first-order valence-electron chi connectivity index (χ1n) is 6.68. The summed E-state index contributed by atoms with van der Waals surface area (Å²) < 4.78 is 13.6. The molecule has 0 heterocycles. The van der Waals surface area contributed by atoms with Crippen LogP contribution >= 0.6 is 11.6 Å². The molecule has 1 nitrogen and oxygen atoms in total. The van der Waals surface area contributed by atoms with E-state index in [1.165, 1.54) is 25.0 Å². The zero-order valence-electron chi connectivity index (χ0n) is 10.7. The molecule has 0 amide bonds. The number of halogens is 2. The van der Waals surface area contributed by atoms with Gasteiger partial charge in [-0.05, 0) is 48.4 Å². The first-order chi connectivity index (χ1) is 8.56. The van der Waals surface area contributed by atoms with Gasteiger partial charge in [-0.2, -0.15) is 0 Å². The predicted molar refractivity (Wildman–Crippen MR) is 72.2 cm³/mol. The molecule has 1 fully saturated rings. The summed E-state index contributed by atoms with van der Waals surface area (Å²) in [4.78, 5) is 0. The Labute approximate surface area is 113 Å². The molecule has 0 aliphatic heterocycles. The number of aliphatic hydroxyl groups excluding tert-OH is 1. The third kappa shape index (κ3) is 3.46. The SMILES string of the molecule is CC1CCCC(C(O)Cc2cc(Cl)ccc2F)C1. The fourth-order valence-corrected chi connectivity index (χ4v) is 3.12. The second kappa shape index (κ2) is 6.03. The van der Waals surface area contributed by atoms with E-state index in [1.807, 2.05) is 0 Å². The molecule has 0 bridgehead atoms. The summed E-state index contributed by atoms with van der Waals surface area (Å²) in [5.74, 6) is 0.692. The lowest BCUT2D eigenvalue weighted by Gasteiger charge is -2.30. The number of hydrogen-bond donors (Lipinski definition) is 1. The van der Waals surface area contributed by atoms with Gasteiger partial charge in [0.2, 0.25) is 0 Å². The van der Waals surface area contributed by atoms with E-state index in [9.17, 15) is 9.50 Å². The van der Waals surface area contributed by atoms with E-state index < -0.39 is 6.10 Å². The molecule has 2 rings (SSSR count). The molecule has 100 valence electrons. The molecule has 3 heteroatoms. The quantitative estimate of drug-likeness (QED) is 0.872. The van der Waals surface area contributed by atoms with Crippen LogP contribution in [0.5, 0.6) is 0 Å². The highest BCUT2D eigenvalue weighted by atomic mass is 35.5. The second-order valence-corrected chi connectivity index (χ2v) is 5.98. The molecular formula is C15H20ClFO. The second-order valence-electron chi connectivity index (χ2n) is 5.54. The van der Waals surface area contributed by atoms with Crippen molar-refractivity contribution in [1.82, 2.24) is 0 Å². The first kappa shape index (κ1) is 13.8. The van der Waals surface area contributed by atoms with Gasteiger partial charge >= 0.3 is 0 Å². The molecule has 0 aromatic heterocycles. The van der Waals surface area contributed by atoms with Crippen LogP contribution in [-0.4, -0.2) is 11.2 Å². The minimum absolute atomic E-state index is 0.276. The van der Waals surface area contributed by atoms with Crippen molar-refractivity contribution in [2.45, 2.75) is 45.1 Å². The van der Waals surface area contributed by atoms with Crippen molar-refractivity contribution in [1.29, 1.82) is 0 Å². The van der Waals surface area contributed by atoms with Crippen LogP contribution in [0.25, 0.3) is 0 Å². The summed E-state index contributed by atoms with van der Waals surface area (Å²) in [7, 11) is 0. The summed E-state index contributed by atoms with van der Waals surface area (Å²) in [5.41, 5.74) is 0.522. The van der Waals surface area contributed by atoms with Crippen molar-refractivity contribution in [3.63, 3.8) is 0 Å². The molecule has 18 heavy (non-hydrogen) atoms. The summed E-state index contributed by atoms with van der Waals surface area (Å²) in [6, 6.07) is 4.52. The highest BCUT2D eigenvalue weighted by Crippen LogP contribution is 2.32. The molecule has 0 spiro atoms. The average Bonchev–Trinajstić information content (AvgIpc) is 2.34. The third-order valence-electron chi connectivity index (χ3n) is 3.96. The topological polar surface area (TPSA) is 20.2 Å². The van der Waals surface area contributed by atoms with Crippen LogP contribution in [0, 0.1) is 17.7 Å². The minimum atomic E-state index is -0.458. The molecule has 1 N–H and O–H groups in total. The van der Waals surface area contributed by atoms with E-state index in [0.717, 1.165) is 12.8 Å². The Balaban J connectivity index is 2.01. The van der Waals surface area contributed by atoms with Crippen molar-refractivity contribution in [3.8, 4) is 0 Å². The first-order valence-corrected chi connectivity index (χ1v) is 7.06. The Hall–Kier alpha value is -0.600. The molecular weight excluding hydrogens is 251 g/mol. The predicted octanol–water partition coefficient (Wildman–Crippen LogP) is 4.21. The Morgan fingerprint density at radius 1 is 1.44 bits per heavy atom. The minimum Gasteiger partial charge on any atom is -0.392 e. The van der Waals surface area contributed by atoms with Crippen LogP contribution < -0.4 is 0 Å². The Kier molecular flexibility index (Phi) is 4.63. The van der Waals surface area contributed by atoms with E-state index >= 15 is 0 Å². The van der Waals surface area contributed by atoms with E-state index in [0.29, 0.717) is 28.8 Å². The number of rotatable bonds is 3. The summed E-state index contributed by atoms with van der Waals surface area (Å²) in [6.45, 7) is 2.22. The third-order valence-corrected chi connectivity index (χ3v) is 4.19. The number of benzene rings is 1. The maximum Gasteiger partial charge on any atom is 0.126 e. The van der Waals surface area contributed by atoms with Crippen molar-refractivity contribution >= 4 is 11.6 Å². The Morgan fingerprint density at radius 3 is 2.94 bits per heavy atom. The van der Waals surface area contributed by atoms with Crippen LogP contribution in [0.2, 0.25) is 5.02 Å². The standard InChI is InChI=1S/C15H20ClFO/c1-10-3-2-4-11(7-10)15(18)9-12-8-13(16)5-6-14(12)17/h5-6,8,10-11,15,18H,2-4,7,9H2,1H3. The maximum absolute atomic E-state index is 13.6. The lowest BCUT2D eigenvalue weighted by Crippen LogP contribution is -2.28. The van der Waals surface area contributed by atoms with Gasteiger partial charge in [-0.3, -0.25) is 0 Å². The Morgan fingerprint density at radius 2 is 2.22 bits per heavy atom. The fourth-order valence-electron chi connectivity index (χ4n) is 2.92. The van der Waals surface area contributed by atoms with E-state index in [4.69, 9.17) is 11.6 Å². The lowest BCUT2D eigenvalue weighted by atomic mass is 9.78. The van der Waals surface area contributed by atoms with E-state index in [2.05, 4.69) is 6.92 Å². The monoisotopic (exact) mass is 270 g/mol. The van der Waals surface area contributed by atoms with Crippen LogP contribution in [0.4, 0.5) is 4.39 Å². The highest BCUT2D eigenvalue weighted by Gasteiger charge is 2.26. The van der Waals surface area contributed by atoms with Gasteiger partial charge in [-0.15, -0.1) is 0 Å². The van der Waals surface area contributed by atoms with E-state index in [1.54, 1.807) is 6.07 Å². The van der Waals surface area contributed by atoms with Gasteiger partial charge in [0.15, 0.2) is 0 Å². The summed E-state index contributed by atoms with van der Waals surface area (Å²) in [5, 5.41) is 10.8. The number of hydrogen-bond acceptors (Lipinski definition) is 1. The molecule has 3 unspecified atom stereocenters. The molecule has 3 atom stereocenters. The highest BCUT2D eigenvalue weighted by molar-refractivity contribution is 6.30. The fraction of sp³-hybridized carbons (Fsp3) is 0.600. The summed E-state index contributed by atoms with van der Waals surface area (Å²) >= 11 is 5.86. The molecule has 1 aliphatic carbocycles. The molecule has 1 aromatic carbocycles. The van der Waals surface area contributed by atoms with Gasteiger partial charge in [-0.1, -0.05) is 31.4 Å². The molecule has 0 radical (unpaired) electrons. The maximum atomic E-state index is 13.6. The summed E-state index contributed by atoms with van der Waals surface area (Å²) in [6.07, 6.45) is 4.41.